The van der Waals surface area contributed by atoms with Crippen LogP contribution < -0.4 is 0 Å². The Morgan fingerprint density at radius 1 is 1.07 bits per heavy atom. The minimum atomic E-state index is -0.135. The fourth-order valence-corrected chi connectivity index (χ4v) is 4.14. The molecule has 0 fully saturated rings. The molecule has 6 heteroatoms. The molecule has 0 unspecified atom stereocenters. The Morgan fingerprint density at radius 2 is 1.78 bits per heavy atom. The predicted molar refractivity (Wildman–Crippen MR) is 108 cm³/mol. The molecule has 4 rings (SSSR count). The van der Waals surface area contributed by atoms with E-state index in [0.717, 1.165) is 27.5 Å². The summed E-state index contributed by atoms with van der Waals surface area (Å²) < 4.78 is 4.18. The molecule has 27 heavy (non-hydrogen) atoms. The number of hydrogen-bond donors (Lipinski definition) is 0. The molecule has 3 aromatic rings. The van der Waals surface area contributed by atoms with Crippen molar-refractivity contribution in [2.45, 2.75) is 44.3 Å². The Balaban J connectivity index is 1.71. The molecule has 0 radical (unpaired) electrons. The summed E-state index contributed by atoms with van der Waals surface area (Å²) >= 11 is 1.60. The van der Waals surface area contributed by atoms with E-state index < -0.39 is 0 Å². The second-order valence-corrected chi connectivity index (χ2v) is 8.63. The summed E-state index contributed by atoms with van der Waals surface area (Å²) in [5.41, 5.74) is 2.76. The molecule has 0 saturated carbocycles. The van der Waals surface area contributed by atoms with Gasteiger partial charge in [0.2, 0.25) is 0 Å². The second-order valence-electron chi connectivity index (χ2n) is 7.78. The molecule has 0 atom stereocenters. The van der Waals surface area contributed by atoms with Gasteiger partial charge in [0.05, 0.1) is 29.9 Å². The van der Waals surface area contributed by atoms with E-state index in [2.05, 4.69) is 30.0 Å². The first-order valence-corrected chi connectivity index (χ1v) is 10.3. The summed E-state index contributed by atoms with van der Waals surface area (Å²) in [7, 11) is 0. The lowest BCUT2D eigenvalue weighted by Gasteiger charge is -2.25. The molecule has 5 nitrogen and oxygen atoms in total. The van der Waals surface area contributed by atoms with E-state index in [4.69, 9.17) is 5.10 Å². The molecule has 1 aromatic carbocycles. The van der Waals surface area contributed by atoms with Gasteiger partial charge < -0.3 is 9.47 Å². The SMILES string of the molecule is CSc1ccccc1C(=O)N1Cc2nn(C(C)(C)C)c(-n3cccc3)c2C1. The third kappa shape index (κ3) is 3.08. The summed E-state index contributed by atoms with van der Waals surface area (Å²) in [5.74, 6) is 1.12. The molecule has 1 aliphatic heterocycles. The number of thioether (sulfide) groups is 1. The molecular formula is C21H24N4OS. The average Bonchev–Trinajstić information content (AvgIpc) is 3.35. The topological polar surface area (TPSA) is 43.1 Å². The lowest BCUT2D eigenvalue weighted by atomic mass is 10.1. The van der Waals surface area contributed by atoms with Gasteiger partial charge in [0.15, 0.2) is 0 Å². The maximum absolute atomic E-state index is 13.1. The highest BCUT2D eigenvalue weighted by Crippen LogP contribution is 2.33. The lowest BCUT2D eigenvalue weighted by molar-refractivity contribution is 0.0745. The molecule has 1 amide bonds. The third-order valence-corrected chi connectivity index (χ3v) is 5.63. The van der Waals surface area contributed by atoms with Crippen LogP contribution in [0.3, 0.4) is 0 Å². The Morgan fingerprint density at radius 3 is 2.44 bits per heavy atom. The highest BCUT2D eigenvalue weighted by atomic mass is 32.2. The Labute approximate surface area is 164 Å². The minimum Gasteiger partial charge on any atom is -0.328 e. The Kier molecular flexibility index (Phi) is 4.38. The maximum atomic E-state index is 13.1. The van der Waals surface area contributed by atoms with Gasteiger partial charge in [0, 0.05) is 22.9 Å². The monoisotopic (exact) mass is 380 g/mol. The molecule has 140 valence electrons. The first-order valence-electron chi connectivity index (χ1n) is 9.07. The maximum Gasteiger partial charge on any atom is 0.255 e. The number of nitrogens with zero attached hydrogens (tertiary/aromatic N) is 4. The van der Waals surface area contributed by atoms with E-state index in [1.54, 1.807) is 11.8 Å². The van der Waals surface area contributed by atoms with Crippen molar-refractivity contribution in [1.29, 1.82) is 0 Å². The number of hydrogen-bond acceptors (Lipinski definition) is 3. The fraction of sp³-hybridized carbons (Fsp3) is 0.333. The molecule has 0 N–H and O–H groups in total. The number of fused-ring (bicyclic) bond motifs is 1. The van der Waals surface area contributed by atoms with Crippen molar-refractivity contribution in [3.8, 4) is 5.82 Å². The average molecular weight is 381 g/mol. The van der Waals surface area contributed by atoms with Crippen LogP contribution in [0.25, 0.3) is 5.82 Å². The molecule has 2 aromatic heterocycles. The number of amides is 1. The molecule has 3 heterocycles. The Bertz CT molecular complexity index is 982. The summed E-state index contributed by atoms with van der Waals surface area (Å²) in [6.07, 6.45) is 6.07. The van der Waals surface area contributed by atoms with Crippen LogP contribution in [0.2, 0.25) is 0 Å². The smallest absolute Gasteiger partial charge is 0.255 e. The summed E-state index contributed by atoms with van der Waals surface area (Å²) in [6, 6.07) is 11.8. The molecule has 1 aliphatic rings. The molecule has 0 aliphatic carbocycles. The zero-order valence-electron chi connectivity index (χ0n) is 16.1. The van der Waals surface area contributed by atoms with Crippen LogP contribution in [0.1, 0.15) is 42.4 Å². The Hall–Kier alpha value is -2.47. The van der Waals surface area contributed by atoms with Gasteiger partial charge in [-0.2, -0.15) is 5.10 Å². The van der Waals surface area contributed by atoms with E-state index in [0.29, 0.717) is 13.1 Å². The van der Waals surface area contributed by atoms with Gasteiger partial charge in [-0.1, -0.05) is 12.1 Å². The van der Waals surface area contributed by atoms with E-state index in [-0.39, 0.29) is 11.4 Å². The van der Waals surface area contributed by atoms with E-state index in [1.807, 2.05) is 59.9 Å². The van der Waals surface area contributed by atoms with Crippen LogP contribution in [0.4, 0.5) is 0 Å². The number of benzene rings is 1. The van der Waals surface area contributed by atoms with Gasteiger partial charge in [0.1, 0.15) is 5.82 Å². The van der Waals surface area contributed by atoms with Crippen molar-refractivity contribution in [2.24, 2.45) is 0 Å². The van der Waals surface area contributed by atoms with Gasteiger partial charge in [0.25, 0.3) is 5.91 Å². The van der Waals surface area contributed by atoms with E-state index in [9.17, 15) is 4.79 Å². The van der Waals surface area contributed by atoms with Crippen LogP contribution in [-0.4, -0.2) is 31.4 Å². The van der Waals surface area contributed by atoms with E-state index in [1.165, 1.54) is 0 Å². The van der Waals surface area contributed by atoms with Crippen LogP contribution in [0, 0.1) is 0 Å². The van der Waals surface area contributed by atoms with Crippen LogP contribution in [-0.2, 0) is 18.6 Å². The van der Waals surface area contributed by atoms with Gasteiger partial charge in [-0.05, 0) is 51.3 Å². The number of carbonyl (C=O) groups is 1. The highest BCUT2D eigenvalue weighted by Gasteiger charge is 2.34. The summed E-state index contributed by atoms with van der Waals surface area (Å²) in [6.45, 7) is 7.59. The lowest BCUT2D eigenvalue weighted by Crippen LogP contribution is -2.30. The van der Waals surface area contributed by atoms with Crippen LogP contribution in [0.5, 0.6) is 0 Å². The third-order valence-electron chi connectivity index (χ3n) is 4.84. The van der Waals surface area contributed by atoms with E-state index >= 15 is 0 Å². The number of rotatable bonds is 3. The van der Waals surface area contributed by atoms with Gasteiger partial charge >= 0.3 is 0 Å². The molecule has 0 bridgehead atoms. The van der Waals surface area contributed by atoms with Gasteiger partial charge in [-0.25, -0.2) is 4.68 Å². The molecule has 0 spiro atoms. The van der Waals surface area contributed by atoms with Crippen molar-refractivity contribution >= 4 is 17.7 Å². The van der Waals surface area contributed by atoms with Crippen molar-refractivity contribution in [1.82, 2.24) is 19.2 Å². The molecule has 0 saturated heterocycles. The zero-order chi connectivity index (χ0) is 19.2. The van der Waals surface area contributed by atoms with Crippen LogP contribution >= 0.6 is 11.8 Å². The minimum absolute atomic E-state index is 0.0683. The van der Waals surface area contributed by atoms with Gasteiger partial charge in [-0.15, -0.1) is 11.8 Å². The highest BCUT2D eigenvalue weighted by molar-refractivity contribution is 7.98. The summed E-state index contributed by atoms with van der Waals surface area (Å²) in [5, 5.41) is 4.88. The number of carbonyl (C=O) groups excluding carboxylic acids is 1. The van der Waals surface area contributed by atoms with Crippen molar-refractivity contribution in [3.63, 3.8) is 0 Å². The quantitative estimate of drug-likeness (QED) is 0.636. The van der Waals surface area contributed by atoms with Crippen LogP contribution in [0.15, 0.2) is 53.7 Å². The standard InChI is InChI=1S/C21H24N4OS/c1-21(2,3)25-19(23-11-7-8-12-23)16-13-24(14-17(16)22-25)20(26)15-9-5-6-10-18(15)27-4/h5-12H,13-14H2,1-4H3. The predicted octanol–water partition coefficient (Wildman–Crippen LogP) is 4.31. The first-order chi connectivity index (χ1) is 12.9. The van der Waals surface area contributed by atoms with Crippen molar-refractivity contribution in [2.75, 3.05) is 6.26 Å². The van der Waals surface area contributed by atoms with Crippen molar-refractivity contribution in [3.05, 3.63) is 65.6 Å². The van der Waals surface area contributed by atoms with Gasteiger partial charge in [-0.3, -0.25) is 4.79 Å². The van der Waals surface area contributed by atoms with Crippen molar-refractivity contribution < 1.29 is 4.79 Å². The molecular weight excluding hydrogens is 356 g/mol. The summed E-state index contributed by atoms with van der Waals surface area (Å²) in [4.78, 5) is 16.1. The fourth-order valence-electron chi connectivity index (χ4n) is 3.55. The normalized spacial score (nSPS) is 13.9. The first kappa shape index (κ1) is 17.9. The second kappa shape index (κ2) is 6.60. The zero-order valence-corrected chi connectivity index (χ0v) is 17.0. The largest absolute Gasteiger partial charge is 0.328 e. The number of aromatic nitrogens is 3.